The van der Waals surface area contributed by atoms with E-state index in [2.05, 4.69) is 5.32 Å². The number of anilines is 1. The normalized spacial score (nSPS) is 16.8. The van der Waals surface area contributed by atoms with Gasteiger partial charge < -0.3 is 10.1 Å². The van der Waals surface area contributed by atoms with Crippen molar-refractivity contribution >= 4 is 5.69 Å². The highest BCUT2D eigenvalue weighted by Gasteiger charge is 2.26. The van der Waals surface area contributed by atoms with E-state index in [0.29, 0.717) is 12.3 Å². The van der Waals surface area contributed by atoms with Gasteiger partial charge in [-0.3, -0.25) is 0 Å². The highest BCUT2D eigenvalue weighted by Crippen LogP contribution is 2.38. The summed E-state index contributed by atoms with van der Waals surface area (Å²) in [5.41, 5.74) is 2.73. The number of hydrogen-bond acceptors (Lipinski definition) is 2. The highest BCUT2D eigenvalue weighted by molar-refractivity contribution is 5.60. The zero-order valence-corrected chi connectivity index (χ0v) is 10.8. The zero-order chi connectivity index (χ0) is 13.2. The number of hydrogen-bond donors (Lipinski definition) is 1. The Morgan fingerprint density at radius 1 is 1.21 bits per heavy atom. The average Bonchev–Trinajstić information content (AvgIpc) is 2.85. The third-order valence-corrected chi connectivity index (χ3v) is 3.44. The minimum atomic E-state index is -0.186. The van der Waals surface area contributed by atoms with Crippen molar-refractivity contribution in [2.75, 3.05) is 11.9 Å². The number of benzene rings is 2. The Balaban J connectivity index is 1.93. The van der Waals surface area contributed by atoms with Crippen LogP contribution in [0.4, 0.5) is 10.1 Å². The summed E-state index contributed by atoms with van der Waals surface area (Å²) >= 11 is 0. The fourth-order valence-electron chi connectivity index (χ4n) is 2.59. The van der Waals surface area contributed by atoms with E-state index in [1.165, 1.54) is 6.07 Å². The van der Waals surface area contributed by atoms with Crippen LogP contribution in [-0.4, -0.2) is 6.61 Å². The highest BCUT2D eigenvalue weighted by atomic mass is 19.1. The largest absolute Gasteiger partial charge is 0.494 e. The van der Waals surface area contributed by atoms with Crippen molar-refractivity contribution in [3.05, 3.63) is 59.4 Å². The first-order valence-corrected chi connectivity index (χ1v) is 6.55. The van der Waals surface area contributed by atoms with Gasteiger partial charge in [-0.2, -0.15) is 0 Å². The van der Waals surface area contributed by atoms with Crippen molar-refractivity contribution in [1.29, 1.82) is 0 Å². The molecule has 0 fully saturated rings. The number of fused-ring (bicyclic) bond motifs is 1. The van der Waals surface area contributed by atoms with Gasteiger partial charge in [-0.1, -0.05) is 30.3 Å². The minimum absolute atomic E-state index is 0.0784. The molecule has 0 aliphatic carbocycles. The van der Waals surface area contributed by atoms with Gasteiger partial charge in [0.15, 0.2) is 0 Å². The van der Waals surface area contributed by atoms with Crippen LogP contribution in [0.25, 0.3) is 0 Å². The first-order valence-electron chi connectivity index (χ1n) is 6.55. The predicted octanol–water partition coefficient (Wildman–Crippen LogP) is 3.93. The van der Waals surface area contributed by atoms with Gasteiger partial charge in [-0.05, 0) is 31.0 Å². The molecule has 1 atom stereocenters. The topological polar surface area (TPSA) is 21.3 Å². The molecule has 0 saturated carbocycles. The number of nitrogens with one attached hydrogen (secondary N) is 1. The lowest BCUT2D eigenvalue weighted by Crippen LogP contribution is -2.08. The van der Waals surface area contributed by atoms with Crippen molar-refractivity contribution in [3.8, 4) is 5.75 Å². The second-order valence-electron chi connectivity index (χ2n) is 4.65. The molecular formula is C16H16FNO. The second kappa shape index (κ2) is 4.92. The van der Waals surface area contributed by atoms with Crippen molar-refractivity contribution in [2.45, 2.75) is 19.4 Å². The summed E-state index contributed by atoms with van der Waals surface area (Å²) < 4.78 is 19.4. The summed E-state index contributed by atoms with van der Waals surface area (Å²) in [6, 6.07) is 13.2. The van der Waals surface area contributed by atoms with Gasteiger partial charge in [-0.25, -0.2) is 4.39 Å². The third-order valence-electron chi connectivity index (χ3n) is 3.44. The molecule has 1 unspecified atom stereocenters. The maximum Gasteiger partial charge on any atom is 0.146 e. The van der Waals surface area contributed by atoms with E-state index in [4.69, 9.17) is 4.74 Å². The SMILES string of the molecule is CCOc1ccccc1C1Cc2cccc(F)c2N1. The fourth-order valence-corrected chi connectivity index (χ4v) is 2.59. The zero-order valence-electron chi connectivity index (χ0n) is 10.8. The molecule has 19 heavy (non-hydrogen) atoms. The van der Waals surface area contributed by atoms with Gasteiger partial charge >= 0.3 is 0 Å². The molecule has 0 amide bonds. The number of rotatable bonds is 3. The lowest BCUT2D eigenvalue weighted by Gasteiger charge is -2.16. The number of ether oxygens (including phenoxy) is 1. The van der Waals surface area contributed by atoms with Crippen LogP contribution in [0, 0.1) is 5.82 Å². The summed E-state index contributed by atoms with van der Waals surface area (Å²) in [7, 11) is 0. The molecule has 3 heteroatoms. The molecule has 0 radical (unpaired) electrons. The number of para-hydroxylation sites is 2. The Morgan fingerprint density at radius 2 is 2.05 bits per heavy atom. The lowest BCUT2D eigenvalue weighted by molar-refractivity contribution is 0.335. The molecule has 98 valence electrons. The first-order chi connectivity index (χ1) is 9.29. The molecule has 3 rings (SSSR count). The van der Waals surface area contributed by atoms with Crippen molar-refractivity contribution in [1.82, 2.24) is 0 Å². The van der Waals surface area contributed by atoms with Crippen LogP contribution < -0.4 is 10.1 Å². The minimum Gasteiger partial charge on any atom is -0.494 e. The standard InChI is InChI=1S/C16H16FNO/c1-2-19-15-9-4-3-7-12(15)14-10-11-6-5-8-13(17)16(11)18-14/h3-9,14,18H,2,10H2,1H3. The summed E-state index contributed by atoms with van der Waals surface area (Å²) in [4.78, 5) is 0. The molecule has 1 aliphatic heterocycles. The van der Waals surface area contributed by atoms with Crippen LogP contribution in [0.3, 0.4) is 0 Å². The van der Waals surface area contributed by atoms with Crippen LogP contribution >= 0.6 is 0 Å². The molecule has 2 aromatic rings. The van der Waals surface area contributed by atoms with Crippen molar-refractivity contribution < 1.29 is 9.13 Å². The van der Waals surface area contributed by atoms with Crippen LogP contribution in [0.1, 0.15) is 24.1 Å². The van der Waals surface area contributed by atoms with Gasteiger partial charge in [0, 0.05) is 5.56 Å². The molecule has 1 aliphatic rings. The van der Waals surface area contributed by atoms with Crippen LogP contribution in [-0.2, 0) is 6.42 Å². The third kappa shape index (κ3) is 2.16. The molecule has 1 N–H and O–H groups in total. The molecule has 0 aromatic heterocycles. The van der Waals surface area contributed by atoms with Crippen molar-refractivity contribution in [2.24, 2.45) is 0 Å². The number of halogens is 1. The monoisotopic (exact) mass is 257 g/mol. The maximum absolute atomic E-state index is 13.7. The summed E-state index contributed by atoms with van der Waals surface area (Å²) in [6.45, 7) is 2.60. The Bertz CT molecular complexity index is 597. The van der Waals surface area contributed by atoms with E-state index in [0.717, 1.165) is 23.3 Å². The molecule has 0 spiro atoms. The summed E-state index contributed by atoms with van der Waals surface area (Å²) in [5, 5.41) is 3.26. The molecule has 2 aromatic carbocycles. The van der Waals surface area contributed by atoms with Gasteiger partial charge in [0.1, 0.15) is 11.6 Å². The molecule has 1 heterocycles. The Hall–Kier alpha value is -2.03. The average molecular weight is 257 g/mol. The van der Waals surface area contributed by atoms with E-state index < -0.39 is 0 Å². The van der Waals surface area contributed by atoms with Crippen LogP contribution in [0.2, 0.25) is 0 Å². The Kier molecular flexibility index (Phi) is 3.11. The smallest absolute Gasteiger partial charge is 0.146 e. The molecule has 0 bridgehead atoms. The van der Waals surface area contributed by atoms with E-state index >= 15 is 0 Å². The predicted molar refractivity (Wildman–Crippen MR) is 74.1 cm³/mol. The van der Waals surface area contributed by atoms with E-state index in [1.807, 2.05) is 37.3 Å². The Morgan fingerprint density at radius 3 is 2.84 bits per heavy atom. The van der Waals surface area contributed by atoms with E-state index in [-0.39, 0.29) is 11.9 Å². The van der Waals surface area contributed by atoms with Gasteiger partial charge in [0.2, 0.25) is 0 Å². The van der Waals surface area contributed by atoms with Crippen LogP contribution in [0.5, 0.6) is 5.75 Å². The van der Waals surface area contributed by atoms with Crippen LogP contribution in [0.15, 0.2) is 42.5 Å². The van der Waals surface area contributed by atoms with Gasteiger partial charge in [-0.15, -0.1) is 0 Å². The second-order valence-corrected chi connectivity index (χ2v) is 4.65. The van der Waals surface area contributed by atoms with E-state index in [9.17, 15) is 4.39 Å². The summed E-state index contributed by atoms with van der Waals surface area (Å²) in [6.07, 6.45) is 0.789. The fraction of sp³-hybridized carbons (Fsp3) is 0.250. The molecular weight excluding hydrogens is 241 g/mol. The molecule has 0 saturated heterocycles. The van der Waals surface area contributed by atoms with Crippen molar-refractivity contribution in [3.63, 3.8) is 0 Å². The van der Waals surface area contributed by atoms with Gasteiger partial charge in [0.25, 0.3) is 0 Å². The maximum atomic E-state index is 13.7. The first kappa shape index (κ1) is 12.0. The lowest BCUT2D eigenvalue weighted by atomic mass is 10.0. The summed E-state index contributed by atoms with van der Waals surface area (Å²) in [5.74, 6) is 0.685. The quantitative estimate of drug-likeness (QED) is 0.899. The molecule has 2 nitrogen and oxygen atoms in total. The van der Waals surface area contributed by atoms with E-state index in [1.54, 1.807) is 6.07 Å². The van der Waals surface area contributed by atoms with Gasteiger partial charge in [0.05, 0.1) is 18.3 Å². The Labute approximate surface area is 112 Å².